The smallest absolute Gasteiger partial charge is 0.323 e. The third-order valence-corrected chi connectivity index (χ3v) is 10.7. The van der Waals surface area contributed by atoms with Crippen molar-refractivity contribution in [1.29, 1.82) is 0 Å². The average Bonchev–Trinajstić information content (AvgIpc) is 3.57. The molecule has 3 N–H and O–H groups in total. The SMILES string of the molecule is C[C@@H]1CCCCO[C@@H](CN(C)S(=O)(=O)c2ccccc2)[C@H](C)CN([C@H](C)CO)C(=O)c2cc(NC(=O)Nc3ccc4c(c3)OCO4)ccc2O1. The van der Waals surface area contributed by atoms with Gasteiger partial charge >= 0.3 is 6.03 Å². The van der Waals surface area contributed by atoms with Crippen LogP contribution in [0.1, 0.15) is 50.4 Å². The van der Waals surface area contributed by atoms with E-state index in [0.717, 1.165) is 12.8 Å². The predicted octanol–water partition coefficient (Wildman–Crippen LogP) is 5.18. The van der Waals surface area contributed by atoms with Crippen LogP contribution in [-0.2, 0) is 14.8 Å². The molecule has 0 aromatic heterocycles. The highest BCUT2D eigenvalue weighted by Gasteiger charge is 2.32. The minimum absolute atomic E-state index is 0.0661. The summed E-state index contributed by atoms with van der Waals surface area (Å²) < 4.78 is 51.4. The number of anilines is 2. The van der Waals surface area contributed by atoms with Gasteiger partial charge in [0.25, 0.3) is 5.91 Å². The number of amides is 3. The van der Waals surface area contributed by atoms with Gasteiger partial charge in [-0.3, -0.25) is 4.79 Å². The van der Waals surface area contributed by atoms with Crippen LogP contribution in [0.5, 0.6) is 17.2 Å². The van der Waals surface area contributed by atoms with Crippen molar-refractivity contribution in [2.45, 2.75) is 63.2 Å². The second kappa shape index (κ2) is 16.6. The third-order valence-electron chi connectivity index (χ3n) is 8.83. The van der Waals surface area contributed by atoms with Crippen LogP contribution in [0.25, 0.3) is 0 Å². The Hall–Kier alpha value is -4.37. The number of carbonyl (C=O) groups excluding carboxylic acids is 2. The first-order valence-corrected chi connectivity index (χ1v) is 18.2. The Kier molecular flexibility index (Phi) is 12.2. The van der Waals surface area contributed by atoms with E-state index in [4.69, 9.17) is 18.9 Å². The molecule has 3 aromatic carbocycles. The van der Waals surface area contributed by atoms with Gasteiger partial charge in [0.05, 0.1) is 35.3 Å². The van der Waals surface area contributed by atoms with Crippen LogP contribution in [0.15, 0.2) is 71.6 Å². The predicted molar refractivity (Wildman–Crippen MR) is 188 cm³/mol. The van der Waals surface area contributed by atoms with Gasteiger partial charge in [0.15, 0.2) is 11.5 Å². The van der Waals surface area contributed by atoms with E-state index in [1.807, 2.05) is 13.8 Å². The molecule has 50 heavy (non-hydrogen) atoms. The molecule has 0 saturated heterocycles. The van der Waals surface area contributed by atoms with E-state index in [1.165, 1.54) is 11.4 Å². The topological polar surface area (TPSA) is 156 Å². The highest BCUT2D eigenvalue weighted by molar-refractivity contribution is 7.89. The summed E-state index contributed by atoms with van der Waals surface area (Å²) >= 11 is 0. The molecular weight excluding hydrogens is 664 g/mol. The Bertz CT molecular complexity index is 1740. The number of carbonyl (C=O) groups is 2. The number of hydrogen-bond acceptors (Lipinski definition) is 9. The van der Waals surface area contributed by atoms with Gasteiger partial charge in [0.1, 0.15) is 5.75 Å². The molecule has 0 fully saturated rings. The summed E-state index contributed by atoms with van der Waals surface area (Å²) in [6, 6.07) is 17.0. The average molecular weight is 711 g/mol. The number of likely N-dealkylation sites (N-methyl/N-ethyl adjacent to an activating group) is 1. The number of rotatable bonds is 8. The third kappa shape index (κ3) is 9.04. The number of aliphatic hydroxyl groups is 1. The molecular formula is C36H46N4O9S. The van der Waals surface area contributed by atoms with Gasteiger partial charge in [-0.25, -0.2) is 13.2 Å². The fourth-order valence-corrected chi connectivity index (χ4v) is 7.06. The summed E-state index contributed by atoms with van der Waals surface area (Å²) in [5.41, 5.74) is 1.06. The molecule has 13 nitrogen and oxygen atoms in total. The fourth-order valence-electron chi connectivity index (χ4n) is 5.85. The molecule has 0 bridgehead atoms. The lowest BCUT2D eigenvalue weighted by atomic mass is 10.0. The summed E-state index contributed by atoms with van der Waals surface area (Å²) in [4.78, 5) is 29.1. The molecule has 14 heteroatoms. The molecule has 0 radical (unpaired) electrons. The monoisotopic (exact) mass is 710 g/mol. The Morgan fingerprint density at radius 1 is 0.980 bits per heavy atom. The van der Waals surface area contributed by atoms with Crippen molar-refractivity contribution in [3.05, 3.63) is 72.3 Å². The van der Waals surface area contributed by atoms with E-state index in [1.54, 1.807) is 78.6 Å². The summed E-state index contributed by atoms with van der Waals surface area (Å²) in [6.07, 6.45) is 1.42. The van der Waals surface area contributed by atoms with Gasteiger partial charge in [-0.1, -0.05) is 25.1 Å². The lowest BCUT2D eigenvalue weighted by Crippen LogP contribution is -2.48. The first-order chi connectivity index (χ1) is 24.0. The van der Waals surface area contributed by atoms with Crippen molar-refractivity contribution in [3.8, 4) is 17.2 Å². The molecule has 0 aliphatic carbocycles. The lowest BCUT2D eigenvalue weighted by Gasteiger charge is -2.35. The normalized spacial score (nSPS) is 20.7. The first kappa shape index (κ1) is 36.9. The Balaban J connectivity index is 1.39. The largest absolute Gasteiger partial charge is 0.490 e. The first-order valence-electron chi connectivity index (χ1n) is 16.8. The van der Waals surface area contributed by atoms with Crippen LogP contribution in [0.4, 0.5) is 16.2 Å². The van der Waals surface area contributed by atoms with E-state index < -0.39 is 34.1 Å². The van der Waals surface area contributed by atoms with E-state index in [9.17, 15) is 23.1 Å². The van der Waals surface area contributed by atoms with Crippen LogP contribution < -0.4 is 24.8 Å². The van der Waals surface area contributed by atoms with E-state index in [2.05, 4.69) is 10.6 Å². The van der Waals surface area contributed by atoms with Crippen LogP contribution >= 0.6 is 0 Å². The molecule has 3 aromatic rings. The molecule has 2 heterocycles. The fraction of sp³-hybridized carbons (Fsp3) is 0.444. The van der Waals surface area contributed by atoms with Gasteiger partial charge in [-0.15, -0.1) is 0 Å². The van der Waals surface area contributed by atoms with E-state index in [0.29, 0.717) is 41.7 Å². The minimum atomic E-state index is -3.79. The van der Waals surface area contributed by atoms with Crippen molar-refractivity contribution < 1.29 is 42.1 Å². The number of aliphatic hydroxyl groups excluding tert-OH is 1. The number of urea groups is 1. The summed E-state index contributed by atoms with van der Waals surface area (Å²) in [6.45, 7) is 5.99. The number of ether oxygens (including phenoxy) is 4. The van der Waals surface area contributed by atoms with Gasteiger partial charge in [-0.05, 0) is 75.6 Å². The molecule has 270 valence electrons. The maximum atomic E-state index is 14.4. The van der Waals surface area contributed by atoms with Crippen molar-refractivity contribution in [2.24, 2.45) is 5.92 Å². The molecule has 0 spiro atoms. The van der Waals surface area contributed by atoms with Gasteiger partial charge < -0.3 is 39.6 Å². The quantitative estimate of drug-likeness (QED) is 0.287. The number of nitrogens with one attached hydrogen (secondary N) is 2. The molecule has 0 unspecified atom stereocenters. The van der Waals surface area contributed by atoms with Crippen molar-refractivity contribution >= 4 is 33.3 Å². The maximum Gasteiger partial charge on any atom is 0.323 e. The number of fused-ring (bicyclic) bond motifs is 2. The standard InChI is InChI=1S/C36H46N4O9S/c1-24-20-40(25(2)22-41)35(42)30-18-27(37-36(43)38-28-14-16-32-33(19-28)48-23-47-32)13-15-31(30)49-26(3)10-8-9-17-46-34(24)21-39(4)50(44,45)29-11-6-5-7-12-29/h5-7,11-16,18-19,24-26,34,41H,8-10,17,20-23H2,1-4H3,(H2,37,38,43)/t24-,25-,26-,34+/m1/s1. The zero-order chi connectivity index (χ0) is 35.8. The summed E-state index contributed by atoms with van der Waals surface area (Å²) in [5.74, 6) is 0.719. The van der Waals surface area contributed by atoms with Gasteiger partial charge in [-0.2, -0.15) is 4.31 Å². The zero-order valence-electron chi connectivity index (χ0n) is 28.8. The van der Waals surface area contributed by atoms with Crippen LogP contribution in [0.2, 0.25) is 0 Å². The second-order valence-electron chi connectivity index (χ2n) is 12.8. The Morgan fingerprint density at radius 3 is 2.38 bits per heavy atom. The molecule has 3 amide bonds. The summed E-state index contributed by atoms with van der Waals surface area (Å²) in [7, 11) is -2.26. The van der Waals surface area contributed by atoms with Crippen LogP contribution in [-0.4, -0.2) is 93.1 Å². The number of nitrogens with zero attached hydrogens (tertiary/aromatic N) is 2. The van der Waals surface area contributed by atoms with Crippen LogP contribution in [0.3, 0.4) is 0 Å². The minimum Gasteiger partial charge on any atom is -0.490 e. The number of benzene rings is 3. The molecule has 4 atom stereocenters. The van der Waals surface area contributed by atoms with Crippen molar-refractivity contribution in [2.75, 3.05) is 50.8 Å². The molecule has 2 aliphatic rings. The lowest BCUT2D eigenvalue weighted by molar-refractivity contribution is -0.00833. The molecule has 5 rings (SSSR count). The Morgan fingerprint density at radius 2 is 1.66 bits per heavy atom. The molecule has 2 aliphatic heterocycles. The van der Waals surface area contributed by atoms with Gasteiger partial charge in [0, 0.05) is 50.1 Å². The zero-order valence-corrected chi connectivity index (χ0v) is 29.6. The molecule has 0 saturated carbocycles. The number of sulfonamides is 1. The van der Waals surface area contributed by atoms with E-state index >= 15 is 0 Å². The number of hydrogen-bond donors (Lipinski definition) is 3. The van der Waals surface area contributed by atoms with Crippen LogP contribution in [0, 0.1) is 5.92 Å². The highest BCUT2D eigenvalue weighted by atomic mass is 32.2. The second-order valence-corrected chi connectivity index (χ2v) is 14.8. The maximum absolute atomic E-state index is 14.4. The van der Waals surface area contributed by atoms with Crippen molar-refractivity contribution in [1.82, 2.24) is 9.21 Å². The van der Waals surface area contributed by atoms with Gasteiger partial charge in [0.2, 0.25) is 16.8 Å². The van der Waals surface area contributed by atoms with E-state index in [-0.39, 0.29) is 49.0 Å². The summed E-state index contributed by atoms with van der Waals surface area (Å²) in [5, 5.41) is 15.8. The highest BCUT2D eigenvalue weighted by Crippen LogP contribution is 2.34. The van der Waals surface area contributed by atoms with Crippen molar-refractivity contribution in [3.63, 3.8) is 0 Å². The Labute approximate surface area is 293 Å².